The standard InChI is InChI=1S/C12H12N2O4/c1-6(14-18-7(2)15)9-5-10-8(3-11(9)16)4-12(17)13-10/h3,5,16H,4H2,1-2H3,(H,13,17)/b14-6+. The van der Waals surface area contributed by atoms with Crippen LogP contribution in [0, 0.1) is 0 Å². The second-order valence-electron chi connectivity index (χ2n) is 4.01. The van der Waals surface area contributed by atoms with E-state index in [0.29, 0.717) is 17.0 Å². The van der Waals surface area contributed by atoms with Gasteiger partial charge in [-0.3, -0.25) is 4.79 Å². The Bertz CT molecular complexity index is 563. The summed E-state index contributed by atoms with van der Waals surface area (Å²) in [4.78, 5) is 26.4. The van der Waals surface area contributed by atoms with Gasteiger partial charge in [0.1, 0.15) is 5.75 Å². The molecule has 1 amide bonds. The molecule has 2 rings (SSSR count). The van der Waals surface area contributed by atoms with Gasteiger partial charge in [0, 0.05) is 18.2 Å². The molecule has 1 heterocycles. The van der Waals surface area contributed by atoms with Crippen LogP contribution in [0.3, 0.4) is 0 Å². The molecule has 0 atom stereocenters. The van der Waals surface area contributed by atoms with Gasteiger partial charge in [-0.25, -0.2) is 4.79 Å². The van der Waals surface area contributed by atoms with Gasteiger partial charge in [0.2, 0.25) is 5.91 Å². The molecule has 0 spiro atoms. The molecule has 6 heteroatoms. The second-order valence-corrected chi connectivity index (χ2v) is 4.01. The Morgan fingerprint density at radius 3 is 2.83 bits per heavy atom. The predicted molar refractivity (Wildman–Crippen MR) is 64.4 cm³/mol. The molecule has 0 saturated heterocycles. The van der Waals surface area contributed by atoms with Crippen molar-refractivity contribution in [3.8, 4) is 5.75 Å². The minimum Gasteiger partial charge on any atom is -0.507 e. The van der Waals surface area contributed by atoms with Gasteiger partial charge in [0.15, 0.2) is 0 Å². The first-order valence-electron chi connectivity index (χ1n) is 5.35. The molecular formula is C12H12N2O4. The van der Waals surface area contributed by atoms with Crippen molar-refractivity contribution in [2.75, 3.05) is 5.32 Å². The number of hydrogen-bond donors (Lipinski definition) is 2. The molecule has 0 aliphatic carbocycles. The number of phenolic OH excluding ortho intramolecular Hbond substituents is 1. The van der Waals surface area contributed by atoms with Crippen LogP contribution in [0.4, 0.5) is 5.69 Å². The lowest BCUT2D eigenvalue weighted by Gasteiger charge is -2.06. The van der Waals surface area contributed by atoms with Crippen LogP contribution in [0.2, 0.25) is 0 Å². The van der Waals surface area contributed by atoms with Crippen molar-refractivity contribution in [2.24, 2.45) is 5.16 Å². The van der Waals surface area contributed by atoms with Crippen molar-refractivity contribution in [3.05, 3.63) is 23.3 Å². The molecule has 0 aromatic heterocycles. The highest BCUT2D eigenvalue weighted by Gasteiger charge is 2.20. The summed E-state index contributed by atoms with van der Waals surface area (Å²) in [6.07, 6.45) is 0.253. The van der Waals surface area contributed by atoms with Crippen molar-refractivity contribution in [2.45, 2.75) is 20.3 Å². The molecule has 1 aliphatic heterocycles. The third-order valence-electron chi connectivity index (χ3n) is 2.55. The Morgan fingerprint density at radius 2 is 2.17 bits per heavy atom. The SMILES string of the molecule is CC(=O)O/N=C(\C)c1cc2c(cc1O)CC(=O)N2. The van der Waals surface area contributed by atoms with Crippen molar-refractivity contribution in [3.63, 3.8) is 0 Å². The van der Waals surface area contributed by atoms with Gasteiger partial charge in [0.25, 0.3) is 0 Å². The summed E-state index contributed by atoms with van der Waals surface area (Å²) in [6, 6.07) is 3.12. The van der Waals surface area contributed by atoms with Gasteiger partial charge in [-0.15, -0.1) is 0 Å². The lowest BCUT2D eigenvalue weighted by Crippen LogP contribution is -2.04. The average molecular weight is 248 g/mol. The van der Waals surface area contributed by atoms with Gasteiger partial charge in [-0.1, -0.05) is 5.16 Å². The Kier molecular flexibility index (Phi) is 3.01. The molecular weight excluding hydrogens is 236 g/mol. The van der Waals surface area contributed by atoms with Gasteiger partial charge < -0.3 is 15.3 Å². The molecule has 18 heavy (non-hydrogen) atoms. The van der Waals surface area contributed by atoms with Crippen LogP contribution < -0.4 is 5.32 Å². The van der Waals surface area contributed by atoms with Gasteiger partial charge in [-0.05, 0) is 24.6 Å². The van der Waals surface area contributed by atoms with Crippen molar-refractivity contribution < 1.29 is 19.5 Å². The van der Waals surface area contributed by atoms with E-state index in [2.05, 4.69) is 15.3 Å². The number of carbonyl (C=O) groups excluding carboxylic acids is 2. The largest absolute Gasteiger partial charge is 0.507 e. The summed E-state index contributed by atoms with van der Waals surface area (Å²) in [5.74, 6) is -0.655. The van der Waals surface area contributed by atoms with E-state index in [4.69, 9.17) is 0 Å². The summed E-state index contributed by atoms with van der Waals surface area (Å²) in [7, 11) is 0. The fourth-order valence-corrected chi connectivity index (χ4v) is 1.73. The van der Waals surface area contributed by atoms with E-state index in [0.717, 1.165) is 5.56 Å². The summed E-state index contributed by atoms with van der Waals surface area (Å²) in [5, 5.41) is 16.1. The highest BCUT2D eigenvalue weighted by Crippen LogP contribution is 2.30. The van der Waals surface area contributed by atoms with Crippen LogP contribution >= 0.6 is 0 Å². The number of carbonyl (C=O) groups is 2. The van der Waals surface area contributed by atoms with E-state index < -0.39 is 5.97 Å². The van der Waals surface area contributed by atoms with Gasteiger partial charge >= 0.3 is 5.97 Å². The van der Waals surface area contributed by atoms with Crippen LogP contribution in [0.1, 0.15) is 25.0 Å². The fourth-order valence-electron chi connectivity index (χ4n) is 1.73. The van der Waals surface area contributed by atoms with Crippen molar-refractivity contribution in [1.29, 1.82) is 0 Å². The maximum absolute atomic E-state index is 11.2. The minimum absolute atomic E-state index is 0.00125. The fraction of sp³-hybridized carbons (Fsp3) is 0.250. The van der Waals surface area contributed by atoms with Crippen molar-refractivity contribution >= 4 is 23.3 Å². The van der Waals surface area contributed by atoms with Crippen LogP contribution in [0.5, 0.6) is 5.75 Å². The van der Waals surface area contributed by atoms with E-state index in [-0.39, 0.29) is 18.1 Å². The number of nitrogens with one attached hydrogen (secondary N) is 1. The Hall–Kier alpha value is -2.37. The van der Waals surface area contributed by atoms with Crippen LogP contribution in [-0.4, -0.2) is 22.7 Å². The van der Waals surface area contributed by atoms with E-state index in [1.807, 2.05) is 0 Å². The molecule has 1 aliphatic rings. The zero-order valence-corrected chi connectivity index (χ0v) is 9.98. The molecule has 0 bridgehead atoms. The molecule has 0 unspecified atom stereocenters. The van der Waals surface area contributed by atoms with Crippen LogP contribution in [0.25, 0.3) is 0 Å². The molecule has 0 fully saturated rings. The highest BCUT2D eigenvalue weighted by atomic mass is 16.7. The minimum atomic E-state index is -0.539. The monoisotopic (exact) mass is 248 g/mol. The third-order valence-corrected chi connectivity index (χ3v) is 2.55. The molecule has 2 N–H and O–H groups in total. The summed E-state index contributed by atoms with van der Waals surface area (Å²) in [5.41, 5.74) is 2.15. The number of oxime groups is 1. The smallest absolute Gasteiger partial charge is 0.331 e. The average Bonchev–Trinajstić information content (AvgIpc) is 2.64. The number of hydrogen-bond acceptors (Lipinski definition) is 5. The van der Waals surface area contributed by atoms with Crippen molar-refractivity contribution in [1.82, 2.24) is 0 Å². The molecule has 1 aromatic carbocycles. The zero-order valence-electron chi connectivity index (χ0n) is 9.98. The molecule has 6 nitrogen and oxygen atoms in total. The molecule has 0 saturated carbocycles. The normalized spacial score (nSPS) is 14.1. The number of amides is 1. The number of anilines is 1. The Balaban J connectivity index is 2.35. The molecule has 0 radical (unpaired) electrons. The first-order valence-corrected chi connectivity index (χ1v) is 5.35. The number of phenols is 1. The Morgan fingerprint density at radius 1 is 1.44 bits per heavy atom. The molecule has 94 valence electrons. The van der Waals surface area contributed by atoms with E-state index >= 15 is 0 Å². The van der Waals surface area contributed by atoms with E-state index in [1.54, 1.807) is 13.0 Å². The number of benzene rings is 1. The summed E-state index contributed by atoms with van der Waals surface area (Å²) >= 11 is 0. The number of nitrogens with zero attached hydrogens (tertiary/aromatic N) is 1. The summed E-state index contributed by atoms with van der Waals surface area (Å²) < 4.78 is 0. The van der Waals surface area contributed by atoms with Crippen LogP contribution in [-0.2, 0) is 20.8 Å². The first-order chi connectivity index (χ1) is 8.47. The highest BCUT2D eigenvalue weighted by molar-refractivity contribution is 6.05. The second kappa shape index (κ2) is 4.48. The maximum Gasteiger partial charge on any atom is 0.331 e. The van der Waals surface area contributed by atoms with Gasteiger partial charge in [-0.2, -0.15) is 0 Å². The first kappa shape index (κ1) is 12.1. The number of aromatic hydroxyl groups is 1. The predicted octanol–water partition coefficient (Wildman–Crippen LogP) is 1.17. The lowest BCUT2D eigenvalue weighted by atomic mass is 10.0. The van der Waals surface area contributed by atoms with Crippen LogP contribution in [0.15, 0.2) is 17.3 Å². The van der Waals surface area contributed by atoms with Gasteiger partial charge in [0.05, 0.1) is 12.1 Å². The summed E-state index contributed by atoms with van der Waals surface area (Å²) in [6.45, 7) is 2.83. The third kappa shape index (κ3) is 2.32. The number of rotatable bonds is 2. The number of fused-ring (bicyclic) bond motifs is 1. The zero-order chi connectivity index (χ0) is 13.3. The topological polar surface area (TPSA) is 88.0 Å². The lowest BCUT2D eigenvalue weighted by molar-refractivity contribution is -0.140. The van der Waals surface area contributed by atoms with E-state index in [1.165, 1.54) is 13.0 Å². The van der Waals surface area contributed by atoms with E-state index in [9.17, 15) is 14.7 Å². The molecule has 1 aromatic rings. The maximum atomic E-state index is 11.2. The quantitative estimate of drug-likeness (QED) is 0.356. The Labute approximate surface area is 103 Å².